The van der Waals surface area contributed by atoms with Gasteiger partial charge in [0.05, 0.1) is 6.42 Å². The third-order valence-electron chi connectivity index (χ3n) is 3.61. The van der Waals surface area contributed by atoms with Gasteiger partial charge in [-0.15, -0.1) is 0 Å². The molecule has 1 fully saturated rings. The Kier molecular flexibility index (Phi) is 5.12. The minimum Gasteiger partial charge on any atom is -0.481 e. The number of hydrogen-bond acceptors (Lipinski definition) is 3. The predicted molar refractivity (Wildman–Crippen MR) is 65.0 cm³/mol. The Morgan fingerprint density at radius 3 is 2.33 bits per heavy atom. The number of imide groups is 1. The SMILES string of the molecule is CCC1(CNC(=O)NC(=O)CCC(=O)O)CCC1. The molecule has 0 bridgehead atoms. The number of aliphatic carboxylic acids is 1. The van der Waals surface area contributed by atoms with Crippen molar-refractivity contribution in [2.45, 2.75) is 45.4 Å². The van der Waals surface area contributed by atoms with Crippen molar-refractivity contribution in [3.8, 4) is 0 Å². The van der Waals surface area contributed by atoms with Gasteiger partial charge in [0.25, 0.3) is 0 Å². The summed E-state index contributed by atoms with van der Waals surface area (Å²) in [7, 11) is 0. The summed E-state index contributed by atoms with van der Waals surface area (Å²) in [6, 6.07) is -0.537. The number of carbonyl (C=O) groups excluding carboxylic acids is 2. The van der Waals surface area contributed by atoms with Crippen LogP contribution >= 0.6 is 0 Å². The van der Waals surface area contributed by atoms with Crippen LogP contribution in [0.15, 0.2) is 0 Å². The van der Waals surface area contributed by atoms with Crippen molar-refractivity contribution in [2.75, 3.05) is 6.54 Å². The predicted octanol–water partition coefficient (Wildman–Crippen LogP) is 1.26. The highest BCUT2D eigenvalue weighted by molar-refractivity contribution is 5.95. The molecular formula is C12H20N2O4. The lowest BCUT2D eigenvalue weighted by Gasteiger charge is -2.41. The van der Waals surface area contributed by atoms with E-state index in [1.54, 1.807) is 0 Å². The summed E-state index contributed by atoms with van der Waals surface area (Å²) in [5, 5.41) is 13.2. The molecule has 102 valence electrons. The van der Waals surface area contributed by atoms with Crippen LogP contribution in [-0.2, 0) is 9.59 Å². The summed E-state index contributed by atoms with van der Waals surface area (Å²) >= 11 is 0. The number of carboxylic acids is 1. The second-order valence-electron chi connectivity index (χ2n) is 4.83. The topological polar surface area (TPSA) is 95.5 Å². The zero-order valence-corrected chi connectivity index (χ0v) is 10.6. The Bertz CT molecular complexity index is 331. The van der Waals surface area contributed by atoms with Crippen molar-refractivity contribution in [1.29, 1.82) is 0 Å². The fourth-order valence-electron chi connectivity index (χ4n) is 2.05. The minimum atomic E-state index is -1.05. The molecule has 3 N–H and O–H groups in total. The fourth-order valence-corrected chi connectivity index (χ4v) is 2.05. The number of nitrogens with one attached hydrogen (secondary N) is 2. The number of hydrogen-bond donors (Lipinski definition) is 3. The third kappa shape index (κ3) is 4.35. The van der Waals surface area contributed by atoms with E-state index in [-0.39, 0.29) is 18.3 Å². The largest absolute Gasteiger partial charge is 0.481 e. The van der Waals surface area contributed by atoms with Crippen LogP contribution in [0, 0.1) is 5.41 Å². The number of carbonyl (C=O) groups is 3. The zero-order chi connectivity index (χ0) is 13.6. The molecule has 18 heavy (non-hydrogen) atoms. The van der Waals surface area contributed by atoms with E-state index in [1.165, 1.54) is 6.42 Å². The van der Waals surface area contributed by atoms with E-state index in [2.05, 4.69) is 17.6 Å². The molecule has 0 aromatic rings. The molecule has 0 unspecified atom stereocenters. The maximum atomic E-state index is 11.4. The smallest absolute Gasteiger partial charge is 0.321 e. The van der Waals surface area contributed by atoms with Crippen LogP contribution in [0.1, 0.15) is 45.4 Å². The van der Waals surface area contributed by atoms with Gasteiger partial charge in [0.1, 0.15) is 0 Å². The molecular weight excluding hydrogens is 236 g/mol. The van der Waals surface area contributed by atoms with E-state index < -0.39 is 17.9 Å². The molecule has 1 aliphatic carbocycles. The Morgan fingerprint density at radius 2 is 1.89 bits per heavy atom. The van der Waals surface area contributed by atoms with Gasteiger partial charge < -0.3 is 10.4 Å². The molecule has 6 heteroatoms. The van der Waals surface area contributed by atoms with E-state index in [1.807, 2.05) is 0 Å². The second kappa shape index (κ2) is 6.37. The quantitative estimate of drug-likeness (QED) is 0.666. The lowest BCUT2D eigenvalue weighted by atomic mass is 9.67. The van der Waals surface area contributed by atoms with Crippen LogP contribution in [-0.4, -0.2) is 29.6 Å². The van der Waals surface area contributed by atoms with E-state index in [9.17, 15) is 14.4 Å². The van der Waals surface area contributed by atoms with Gasteiger partial charge in [-0.2, -0.15) is 0 Å². The molecule has 0 spiro atoms. The van der Waals surface area contributed by atoms with Crippen LogP contribution in [0.25, 0.3) is 0 Å². The minimum absolute atomic E-state index is 0.179. The van der Waals surface area contributed by atoms with Gasteiger partial charge in [0.2, 0.25) is 5.91 Å². The van der Waals surface area contributed by atoms with Crippen molar-refractivity contribution in [3.63, 3.8) is 0 Å². The van der Waals surface area contributed by atoms with Crippen LogP contribution in [0.4, 0.5) is 4.79 Å². The maximum absolute atomic E-state index is 11.4. The Balaban J connectivity index is 2.20. The first-order chi connectivity index (χ1) is 8.47. The highest BCUT2D eigenvalue weighted by atomic mass is 16.4. The van der Waals surface area contributed by atoms with Gasteiger partial charge in [0, 0.05) is 13.0 Å². The average molecular weight is 256 g/mol. The Hall–Kier alpha value is -1.59. The van der Waals surface area contributed by atoms with Gasteiger partial charge >= 0.3 is 12.0 Å². The van der Waals surface area contributed by atoms with Crippen molar-refractivity contribution < 1.29 is 19.5 Å². The summed E-state index contributed by atoms with van der Waals surface area (Å²) < 4.78 is 0. The van der Waals surface area contributed by atoms with Crippen molar-refractivity contribution in [3.05, 3.63) is 0 Å². The van der Waals surface area contributed by atoms with E-state index in [0.29, 0.717) is 6.54 Å². The van der Waals surface area contributed by atoms with Gasteiger partial charge in [0.15, 0.2) is 0 Å². The average Bonchev–Trinajstić information content (AvgIpc) is 2.25. The first-order valence-electron chi connectivity index (χ1n) is 6.27. The summed E-state index contributed by atoms with van der Waals surface area (Å²) in [4.78, 5) is 32.9. The number of amides is 3. The first-order valence-corrected chi connectivity index (χ1v) is 6.27. The molecule has 0 aromatic carbocycles. The van der Waals surface area contributed by atoms with Crippen LogP contribution in [0.3, 0.4) is 0 Å². The molecule has 0 radical (unpaired) electrons. The van der Waals surface area contributed by atoms with Crippen LogP contribution < -0.4 is 10.6 Å². The second-order valence-corrected chi connectivity index (χ2v) is 4.83. The molecule has 6 nitrogen and oxygen atoms in total. The van der Waals surface area contributed by atoms with Gasteiger partial charge in [-0.05, 0) is 24.7 Å². The summed E-state index contributed by atoms with van der Waals surface area (Å²) in [6.07, 6.45) is 3.97. The maximum Gasteiger partial charge on any atom is 0.321 e. The lowest BCUT2D eigenvalue weighted by Crippen LogP contribution is -2.46. The lowest BCUT2D eigenvalue weighted by molar-refractivity contribution is -0.138. The van der Waals surface area contributed by atoms with Crippen molar-refractivity contribution >= 4 is 17.9 Å². The van der Waals surface area contributed by atoms with E-state index >= 15 is 0 Å². The van der Waals surface area contributed by atoms with Crippen molar-refractivity contribution in [2.24, 2.45) is 5.41 Å². The molecule has 3 amide bonds. The number of urea groups is 1. The summed E-state index contributed by atoms with van der Waals surface area (Å²) in [5.41, 5.74) is 0.196. The van der Waals surface area contributed by atoms with Gasteiger partial charge in [-0.3, -0.25) is 14.9 Å². The Morgan fingerprint density at radius 1 is 1.22 bits per heavy atom. The fraction of sp³-hybridized carbons (Fsp3) is 0.750. The molecule has 0 heterocycles. The molecule has 0 atom stereocenters. The normalized spacial score (nSPS) is 16.5. The molecule has 0 saturated heterocycles. The third-order valence-corrected chi connectivity index (χ3v) is 3.61. The number of carboxylic acid groups (broad SMARTS) is 1. The molecule has 1 rings (SSSR count). The van der Waals surface area contributed by atoms with E-state index in [4.69, 9.17) is 5.11 Å². The van der Waals surface area contributed by atoms with Crippen LogP contribution in [0.2, 0.25) is 0 Å². The summed E-state index contributed by atoms with van der Waals surface area (Å²) in [6.45, 7) is 2.66. The molecule has 0 aliphatic heterocycles. The van der Waals surface area contributed by atoms with Crippen LogP contribution in [0.5, 0.6) is 0 Å². The van der Waals surface area contributed by atoms with Gasteiger partial charge in [-0.1, -0.05) is 13.3 Å². The van der Waals surface area contributed by atoms with Gasteiger partial charge in [-0.25, -0.2) is 4.79 Å². The van der Waals surface area contributed by atoms with E-state index in [0.717, 1.165) is 19.3 Å². The molecule has 0 aromatic heterocycles. The highest BCUT2D eigenvalue weighted by Crippen LogP contribution is 2.42. The highest BCUT2D eigenvalue weighted by Gasteiger charge is 2.35. The first kappa shape index (κ1) is 14.5. The molecule has 1 aliphatic rings. The van der Waals surface area contributed by atoms with Crippen molar-refractivity contribution in [1.82, 2.24) is 10.6 Å². The Labute approximate surface area is 106 Å². The monoisotopic (exact) mass is 256 g/mol. The summed E-state index contributed by atoms with van der Waals surface area (Å²) in [5.74, 6) is -1.61. The standard InChI is InChI=1S/C12H20N2O4/c1-2-12(6-3-7-12)8-13-11(18)14-9(15)4-5-10(16)17/h2-8H2,1H3,(H,16,17)(H2,13,14,15,18). The number of rotatable bonds is 6. The zero-order valence-electron chi connectivity index (χ0n) is 10.6. The molecule has 1 saturated carbocycles.